The summed E-state index contributed by atoms with van der Waals surface area (Å²) in [5.74, 6) is -3.06. The number of halogens is 4. The molecule has 0 heterocycles. The van der Waals surface area contributed by atoms with Crippen molar-refractivity contribution in [2.45, 2.75) is 96.8 Å². The summed E-state index contributed by atoms with van der Waals surface area (Å²) in [6.07, 6.45) is 16.8. The summed E-state index contributed by atoms with van der Waals surface area (Å²) < 4.78 is 65.7. The summed E-state index contributed by atoms with van der Waals surface area (Å²) in [7, 11) is 0. The van der Waals surface area contributed by atoms with Gasteiger partial charge in [0.2, 0.25) is 5.82 Å². The van der Waals surface area contributed by atoms with Gasteiger partial charge >= 0.3 is 0 Å². The van der Waals surface area contributed by atoms with Crippen molar-refractivity contribution in [2.75, 3.05) is 6.61 Å². The molecule has 1 fully saturated rings. The number of hydrogen-bond donors (Lipinski definition) is 0. The van der Waals surface area contributed by atoms with E-state index in [-0.39, 0.29) is 22.8 Å². The van der Waals surface area contributed by atoms with Crippen LogP contribution in [0.4, 0.5) is 17.6 Å². The first-order chi connectivity index (χ1) is 20.4. The van der Waals surface area contributed by atoms with Crippen molar-refractivity contribution in [3.63, 3.8) is 0 Å². The molecule has 3 aromatic rings. The van der Waals surface area contributed by atoms with Gasteiger partial charge in [-0.15, -0.1) is 0 Å². The van der Waals surface area contributed by atoms with Crippen molar-refractivity contribution in [2.24, 2.45) is 5.92 Å². The number of hydrogen-bond acceptors (Lipinski definition) is 1. The van der Waals surface area contributed by atoms with Crippen molar-refractivity contribution in [3.8, 4) is 28.0 Å². The maximum absolute atomic E-state index is 15.3. The van der Waals surface area contributed by atoms with Gasteiger partial charge in [0.15, 0.2) is 23.2 Å². The zero-order valence-electron chi connectivity index (χ0n) is 25.0. The summed E-state index contributed by atoms with van der Waals surface area (Å²) in [6.45, 7) is 4.53. The SMILES string of the molecule is C/C=C/CCC1CCC(c2ccc(-c3ccc(-c4ccc(OCCCCCCCC)c(F)c4F)cc3)c(F)c2F)CC1. The van der Waals surface area contributed by atoms with E-state index in [1.54, 1.807) is 36.4 Å². The van der Waals surface area contributed by atoms with Gasteiger partial charge in [-0.25, -0.2) is 13.2 Å². The van der Waals surface area contributed by atoms with E-state index >= 15 is 8.78 Å². The predicted octanol–water partition coefficient (Wildman–Crippen LogP) is 11.9. The van der Waals surface area contributed by atoms with Crippen LogP contribution in [0.2, 0.25) is 0 Å². The number of rotatable bonds is 14. The first-order valence-electron chi connectivity index (χ1n) is 15.7. The molecule has 1 nitrogen and oxygen atoms in total. The van der Waals surface area contributed by atoms with Crippen LogP contribution in [-0.2, 0) is 0 Å². The molecule has 0 bridgehead atoms. The molecule has 0 spiro atoms. The molecule has 5 heteroatoms. The van der Waals surface area contributed by atoms with E-state index < -0.39 is 23.3 Å². The van der Waals surface area contributed by atoms with Gasteiger partial charge in [0.1, 0.15) is 0 Å². The molecule has 0 aliphatic heterocycles. The van der Waals surface area contributed by atoms with E-state index in [0.29, 0.717) is 29.2 Å². The molecule has 0 atom stereocenters. The standard InChI is InChI=1S/C37H44F4O/c1-3-5-7-8-9-11-25-42-33-24-23-32(36(40)37(33)41)29-19-17-28(18-20-29)31-22-21-30(34(38)35(31)39)27-15-13-26(14-16-27)12-10-6-4-2/h4,6,17-24,26-27H,3,5,7-16,25H2,1-2H3/b6-4+. The minimum Gasteiger partial charge on any atom is -0.490 e. The summed E-state index contributed by atoms with van der Waals surface area (Å²) in [5, 5.41) is 0. The molecule has 0 amide bonds. The lowest BCUT2D eigenvalue weighted by molar-refractivity contribution is 0.285. The van der Waals surface area contributed by atoms with Gasteiger partial charge in [0, 0.05) is 11.1 Å². The molecule has 0 unspecified atom stereocenters. The summed E-state index contributed by atoms with van der Waals surface area (Å²) in [6, 6.07) is 12.7. The first-order valence-corrected chi connectivity index (χ1v) is 15.7. The normalized spacial score (nSPS) is 17.2. The number of allylic oxidation sites excluding steroid dienone is 2. The van der Waals surface area contributed by atoms with Gasteiger partial charge in [0.25, 0.3) is 0 Å². The molecule has 0 saturated heterocycles. The average molecular weight is 581 g/mol. The molecule has 4 rings (SSSR count). The van der Waals surface area contributed by atoms with E-state index in [9.17, 15) is 8.78 Å². The third kappa shape index (κ3) is 8.05. The Bertz CT molecular complexity index is 1310. The smallest absolute Gasteiger partial charge is 0.201 e. The first kappa shape index (κ1) is 31.8. The van der Waals surface area contributed by atoms with Crippen LogP contribution in [0.1, 0.15) is 102 Å². The Morgan fingerprint density at radius 2 is 1.29 bits per heavy atom. The molecule has 42 heavy (non-hydrogen) atoms. The van der Waals surface area contributed by atoms with Crippen molar-refractivity contribution >= 4 is 0 Å². The Hall–Kier alpha value is -3.08. The largest absolute Gasteiger partial charge is 0.490 e. The molecule has 0 aromatic heterocycles. The van der Waals surface area contributed by atoms with Gasteiger partial charge in [-0.1, -0.05) is 87.6 Å². The second-order valence-electron chi connectivity index (χ2n) is 11.6. The van der Waals surface area contributed by atoms with Crippen LogP contribution in [0.3, 0.4) is 0 Å². The number of benzene rings is 3. The van der Waals surface area contributed by atoms with Gasteiger partial charge < -0.3 is 4.74 Å². The lowest BCUT2D eigenvalue weighted by atomic mass is 9.77. The van der Waals surface area contributed by atoms with E-state index in [2.05, 4.69) is 19.1 Å². The van der Waals surface area contributed by atoms with Crippen LogP contribution in [0.15, 0.2) is 60.7 Å². The molecular weight excluding hydrogens is 536 g/mol. The minimum atomic E-state index is -1.02. The maximum Gasteiger partial charge on any atom is 0.201 e. The second kappa shape index (κ2) is 16.0. The van der Waals surface area contributed by atoms with Gasteiger partial charge in [-0.2, -0.15) is 4.39 Å². The monoisotopic (exact) mass is 580 g/mol. The highest BCUT2D eigenvalue weighted by Crippen LogP contribution is 2.40. The molecule has 226 valence electrons. The van der Waals surface area contributed by atoms with Crippen LogP contribution < -0.4 is 4.74 Å². The molecule has 0 radical (unpaired) electrons. The van der Waals surface area contributed by atoms with Gasteiger partial charge in [0.05, 0.1) is 6.61 Å². The zero-order valence-corrected chi connectivity index (χ0v) is 25.0. The highest BCUT2D eigenvalue weighted by Gasteiger charge is 2.26. The van der Waals surface area contributed by atoms with Crippen LogP contribution in [0.25, 0.3) is 22.3 Å². The molecule has 3 aromatic carbocycles. The Balaban J connectivity index is 1.39. The average Bonchev–Trinajstić information content (AvgIpc) is 3.01. The van der Waals surface area contributed by atoms with Gasteiger partial charge in [-0.3, -0.25) is 0 Å². The quantitative estimate of drug-likeness (QED) is 0.105. The van der Waals surface area contributed by atoms with Crippen LogP contribution in [-0.4, -0.2) is 6.61 Å². The Labute approximate surface area is 249 Å². The fourth-order valence-corrected chi connectivity index (χ4v) is 6.12. The van der Waals surface area contributed by atoms with Crippen molar-refractivity contribution in [1.82, 2.24) is 0 Å². The van der Waals surface area contributed by atoms with E-state index in [4.69, 9.17) is 4.74 Å². The van der Waals surface area contributed by atoms with Crippen molar-refractivity contribution < 1.29 is 22.3 Å². The lowest BCUT2D eigenvalue weighted by Crippen LogP contribution is -2.15. The van der Waals surface area contributed by atoms with Crippen LogP contribution in [0.5, 0.6) is 5.75 Å². The second-order valence-corrected chi connectivity index (χ2v) is 11.6. The highest BCUT2D eigenvalue weighted by atomic mass is 19.2. The maximum atomic E-state index is 15.3. The molecule has 1 aliphatic carbocycles. The Kier molecular flexibility index (Phi) is 12.1. The third-order valence-electron chi connectivity index (χ3n) is 8.69. The third-order valence-corrected chi connectivity index (χ3v) is 8.69. The Morgan fingerprint density at radius 1 is 0.690 bits per heavy atom. The Morgan fingerprint density at radius 3 is 1.93 bits per heavy atom. The fraction of sp³-hybridized carbons (Fsp3) is 0.459. The van der Waals surface area contributed by atoms with Crippen molar-refractivity contribution in [3.05, 3.63) is 89.5 Å². The van der Waals surface area contributed by atoms with Crippen LogP contribution in [0, 0.1) is 29.2 Å². The summed E-state index contributed by atoms with van der Waals surface area (Å²) >= 11 is 0. The molecular formula is C37H44F4O. The molecule has 1 saturated carbocycles. The predicted molar refractivity (Wildman–Crippen MR) is 165 cm³/mol. The minimum absolute atomic E-state index is 0.0320. The van der Waals surface area contributed by atoms with E-state index in [0.717, 1.165) is 57.8 Å². The molecule has 1 aliphatic rings. The number of unbranched alkanes of at least 4 members (excludes halogenated alkanes) is 5. The summed E-state index contributed by atoms with van der Waals surface area (Å²) in [4.78, 5) is 0. The number of ether oxygens (including phenoxy) is 1. The van der Waals surface area contributed by atoms with Crippen LogP contribution >= 0.6 is 0 Å². The fourth-order valence-electron chi connectivity index (χ4n) is 6.12. The summed E-state index contributed by atoms with van der Waals surface area (Å²) in [5.41, 5.74) is 1.63. The highest BCUT2D eigenvalue weighted by molar-refractivity contribution is 5.72. The zero-order chi connectivity index (χ0) is 29.9. The van der Waals surface area contributed by atoms with E-state index in [1.165, 1.54) is 31.4 Å². The lowest BCUT2D eigenvalue weighted by Gasteiger charge is -2.29. The van der Waals surface area contributed by atoms with Gasteiger partial charge in [-0.05, 0) is 92.5 Å². The van der Waals surface area contributed by atoms with E-state index in [1.807, 2.05) is 6.92 Å². The molecule has 0 N–H and O–H groups in total. The topological polar surface area (TPSA) is 9.23 Å². The van der Waals surface area contributed by atoms with Crippen molar-refractivity contribution in [1.29, 1.82) is 0 Å².